The molecule has 0 aliphatic carbocycles. The monoisotopic (exact) mass is 173 g/mol. The van der Waals surface area contributed by atoms with E-state index >= 15 is 0 Å². The molecule has 1 rings (SSSR count). The van der Waals surface area contributed by atoms with Crippen molar-refractivity contribution in [2.45, 2.75) is 12.2 Å². The van der Waals surface area contributed by atoms with E-state index in [1.807, 2.05) is 0 Å². The molecule has 1 fully saturated rings. The first-order valence-electron chi connectivity index (χ1n) is 3.33. The van der Waals surface area contributed by atoms with Crippen LogP contribution in [0.15, 0.2) is 0 Å². The Balaban J connectivity index is 2.64. The van der Waals surface area contributed by atoms with Gasteiger partial charge in [-0.15, -0.1) is 0 Å². The molecule has 0 aromatic heterocycles. The molecule has 4 nitrogen and oxygen atoms in total. The van der Waals surface area contributed by atoms with E-state index in [2.05, 4.69) is 0 Å². The van der Waals surface area contributed by atoms with Crippen molar-refractivity contribution in [3.63, 3.8) is 0 Å². The molecule has 1 heterocycles. The zero-order valence-corrected chi connectivity index (χ0v) is 6.98. The summed E-state index contributed by atoms with van der Waals surface area (Å²) in [6.07, 6.45) is 0. The lowest BCUT2D eigenvalue weighted by atomic mass is 10.4. The van der Waals surface area contributed by atoms with Crippen LogP contribution in [0.5, 0.6) is 0 Å². The maximum atomic E-state index is 11.1. The summed E-state index contributed by atoms with van der Waals surface area (Å²) in [4.78, 5) is 23.2. The number of carbonyl (C=O) groups excluding carboxylic acids is 2. The van der Waals surface area contributed by atoms with Crippen LogP contribution in [-0.2, 0) is 4.79 Å². The molecule has 0 saturated carbocycles. The second-order valence-electron chi connectivity index (χ2n) is 2.27. The van der Waals surface area contributed by atoms with Gasteiger partial charge in [-0.3, -0.25) is 20.2 Å². The smallest absolute Gasteiger partial charge is 0.273 e. The highest BCUT2D eigenvalue weighted by molar-refractivity contribution is 8.15. The van der Waals surface area contributed by atoms with Gasteiger partial charge in [0.05, 0.1) is 5.25 Å². The molecule has 0 aromatic carbocycles. The van der Waals surface area contributed by atoms with Crippen molar-refractivity contribution < 1.29 is 9.59 Å². The SMILES string of the molecule is CC1SC(=O)N(CC[NH])C1=O. The van der Waals surface area contributed by atoms with Gasteiger partial charge in [-0.25, -0.2) is 0 Å². The third-order valence-electron chi connectivity index (χ3n) is 1.45. The quantitative estimate of drug-likeness (QED) is 0.605. The number of imide groups is 1. The summed E-state index contributed by atoms with van der Waals surface area (Å²) >= 11 is 1.03. The zero-order chi connectivity index (χ0) is 8.43. The molecule has 0 bridgehead atoms. The Bertz CT molecular complexity index is 195. The van der Waals surface area contributed by atoms with Crippen molar-refractivity contribution in [2.75, 3.05) is 13.1 Å². The number of hydrogen-bond donors (Lipinski definition) is 0. The van der Waals surface area contributed by atoms with Gasteiger partial charge in [0, 0.05) is 13.1 Å². The number of amides is 2. The summed E-state index contributed by atoms with van der Waals surface area (Å²) in [6, 6.07) is 0. The Labute approximate surface area is 69.1 Å². The normalized spacial score (nSPS) is 24.9. The molecule has 5 heteroatoms. The molecule has 1 N–H and O–H groups in total. The third-order valence-corrected chi connectivity index (χ3v) is 2.42. The lowest BCUT2D eigenvalue weighted by molar-refractivity contribution is -0.126. The predicted octanol–water partition coefficient (Wildman–Crippen LogP) is 0.353. The Hall–Kier alpha value is -0.550. The fourth-order valence-electron chi connectivity index (χ4n) is 0.888. The highest BCUT2D eigenvalue weighted by Gasteiger charge is 2.35. The minimum atomic E-state index is -0.256. The highest BCUT2D eigenvalue weighted by Crippen LogP contribution is 2.25. The Morgan fingerprint density at radius 1 is 1.64 bits per heavy atom. The van der Waals surface area contributed by atoms with Crippen LogP contribution < -0.4 is 5.73 Å². The molecule has 11 heavy (non-hydrogen) atoms. The molecule has 61 valence electrons. The van der Waals surface area contributed by atoms with E-state index in [0.29, 0.717) is 0 Å². The van der Waals surface area contributed by atoms with E-state index < -0.39 is 0 Å². The fourth-order valence-corrected chi connectivity index (χ4v) is 1.73. The number of nitrogens with zero attached hydrogens (tertiary/aromatic N) is 1. The lowest BCUT2D eigenvalue weighted by Gasteiger charge is -2.09. The second-order valence-corrected chi connectivity index (χ2v) is 3.56. The van der Waals surface area contributed by atoms with Crippen LogP contribution in [0.25, 0.3) is 0 Å². The van der Waals surface area contributed by atoms with Gasteiger partial charge in [0.2, 0.25) is 5.91 Å². The minimum absolute atomic E-state index is 0.0881. The van der Waals surface area contributed by atoms with Gasteiger partial charge in [-0.05, 0) is 6.92 Å². The minimum Gasteiger partial charge on any atom is -0.273 e. The van der Waals surface area contributed by atoms with Crippen LogP contribution in [0, 0.1) is 0 Å². The molecule has 0 spiro atoms. The Morgan fingerprint density at radius 3 is 2.64 bits per heavy atom. The topological polar surface area (TPSA) is 61.2 Å². The van der Waals surface area contributed by atoms with Crippen molar-refractivity contribution in [2.24, 2.45) is 0 Å². The molecule has 0 aromatic rings. The molecular weight excluding hydrogens is 164 g/mol. The van der Waals surface area contributed by atoms with Gasteiger partial charge in [-0.2, -0.15) is 0 Å². The van der Waals surface area contributed by atoms with Crippen molar-refractivity contribution in [1.82, 2.24) is 10.6 Å². The van der Waals surface area contributed by atoms with E-state index in [1.165, 1.54) is 0 Å². The first-order valence-corrected chi connectivity index (χ1v) is 4.21. The van der Waals surface area contributed by atoms with Gasteiger partial charge >= 0.3 is 0 Å². The molecule has 1 aliphatic heterocycles. The van der Waals surface area contributed by atoms with E-state index in [1.54, 1.807) is 6.92 Å². The van der Waals surface area contributed by atoms with Crippen molar-refractivity contribution in [3.8, 4) is 0 Å². The molecule has 1 radical (unpaired) electrons. The molecule has 1 aliphatic rings. The van der Waals surface area contributed by atoms with E-state index in [9.17, 15) is 9.59 Å². The summed E-state index contributed by atoms with van der Waals surface area (Å²) in [5.74, 6) is -0.160. The Kier molecular flexibility index (Phi) is 2.51. The number of nitrogens with one attached hydrogen (secondary N) is 1. The molecular formula is C6H9N2O2S. The maximum Gasteiger partial charge on any atom is 0.289 e. The van der Waals surface area contributed by atoms with Gasteiger partial charge in [-0.1, -0.05) is 11.8 Å². The maximum absolute atomic E-state index is 11.1. The van der Waals surface area contributed by atoms with Gasteiger partial charge in [0.1, 0.15) is 0 Å². The first-order chi connectivity index (χ1) is 5.16. The number of thioether (sulfide) groups is 1. The first kappa shape index (κ1) is 8.55. The molecule has 2 amide bonds. The lowest BCUT2D eigenvalue weighted by Crippen LogP contribution is -2.33. The van der Waals surface area contributed by atoms with Gasteiger partial charge in [0.15, 0.2) is 0 Å². The van der Waals surface area contributed by atoms with Crippen molar-refractivity contribution in [3.05, 3.63) is 0 Å². The van der Waals surface area contributed by atoms with Crippen LogP contribution >= 0.6 is 11.8 Å². The van der Waals surface area contributed by atoms with Crippen LogP contribution in [0.3, 0.4) is 0 Å². The molecule has 1 saturated heterocycles. The van der Waals surface area contributed by atoms with E-state index in [0.717, 1.165) is 16.7 Å². The van der Waals surface area contributed by atoms with Crippen LogP contribution in [-0.4, -0.2) is 34.4 Å². The standard InChI is InChI=1S/C6H9N2O2S/c1-4-5(9)8(3-2-7)6(10)11-4/h4,7H,2-3H2,1H3. The Morgan fingerprint density at radius 2 is 2.27 bits per heavy atom. The van der Waals surface area contributed by atoms with Crippen LogP contribution in [0.2, 0.25) is 0 Å². The summed E-state index contributed by atoms with van der Waals surface area (Å²) < 4.78 is 0. The summed E-state index contributed by atoms with van der Waals surface area (Å²) in [6.45, 7) is 2.02. The van der Waals surface area contributed by atoms with Crippen molar-refractivity contribution >= 4 is 22.9 Å². The van der Waals surface area contributed by atoms with Crippen LogP contribution in [0.1, 0.15) is 6.92 Å². The zero-order valence-electron chi connectivity index (χ0n) is 6.16. The summed E-state index contributed by atoms with van der Waals surface area (Å²) in [5.41, 5.74) is 6.86. The number of hydrogen-bond acceptors (Lipinski definition) is 3. The molecule has 1 unspecified atom stereocenters. The second kappa shape index (κ2) is 3.23. The van der Waals surface area contributed by atoms with Crippen molar-refractivity contribution in [1.29, 1.82) is 0 Å². The average Bonchev–Trinajstić information content (AvgIpc) is 2.17. The average molecular weight is 173 g/mol. The van der Waals surface area contributed by atoms with Gasteiger partial charge < -0.3 is 0 Å². The molecule has 1 atom stereocenters. The van der Waals surface area contributed by atoms with Gasteiger partial charge in [0.25, 0.3) is 5.24 Å². The predicted molar refractivity (Wildman–Crippen MR) is 42.1 cm³/mol. The number of rotatable bonds is 2. The fraction of sp³-hybridized carbons (Fsp3) is 0.667. The third kappa shape index (κ3) is 1.54. The van der Waals surface area contributed by atoms with E-state index in [-0.39, 0.29) is 29.5 Å². The number of carbonyl (C=O) groups is 2. The van der Waals surface area contributed by atoms with Crippen LogP contribution in [0.4, 0.5) is 4.79 Å². The van der Waals surface area contributed by atoms with E-state index in [4.69, 9.17) is 5.73 Å². The summed E-state index contributed by atoms with van der Waals surface area (Å²) in [5, 5.41) is -0.469. The summed E-state index contributed by atoms with van der Waals surface area (Å²) in [7, 11) is 0. The largest absolute Gasteiger partial charge is 0.289 e. The highest BCUT2D eigenvalue weighted by atomic mass is 32.2.